The molecule has 3 rings (SSSR count). The van der Waals surface area contributed by atoms with Gasteiger partial charge < -0.3 is 24.8 Å². The smallest absolute Gasteiger partial charge is 0.256 e. The Morgan fingerprint density at radius 1 is 1.43 bits per heavy atom. The molecule has 21 heavy (non-hydrogen) atoms. The molecule has 0 aromatic heterocycles. The number of amides is 1. The molecule has 1 aromatic carbocycles. The molecule has 2 N–H and O–H groups in total. The first kappa shape index (κ1) is 14.0. The summed E-state index contributed by atoms with van der Waals surface area (Å²) in [4.78, 5) is 14.5. The van der Waals surface area contributed by atoms with Crippen LogP contribution in [-0.4, -0.2) is 43.4 Å². The van der Waals surface area contributed by atoms with Gasteiger partial charge in [0.1, 0.15) is 0 Å². The summed E-state index contributed by atoms with van der Waals surface area (Å²) in [6.07, 6.45) is 2.05. The molecule has 1 unspecified atom stereocenters. The summed E-state index contributed by atoms with van der Waals surface area (Å²) in [5.41, 5.74) is 6.87. The van der Waals surface area contributed by atoms with Gasteiger partial charge >= 0.3 is 0 Å². The van der Waals surface area contributed by atoms with Gasteiger partial charge in [0.05, 0.1) is 11.7 Å². The fourth-order valence-corrected chi connectivity index (χ4v) is 2.81. The van der Waals surface area contributed by atoms with E-state index in [0.29, 0.717) is 35.9 Å². The predicted octanol–water partition coefficient (Wildman–Crippen LogP) is 1.64. The summed E-state index contributed by atoms with van der Waals surface area (Å²) in [5, 5.41) is 0. The van der Waals surface area contributed by atoms with E-state index in [9.17, 15) is 4.79 Å². The van der Waals surface area contributed by atoms with Crippen molar-refractivity contribution in [1.29, 1.82) is 0 Å². The minimum absolute atomic E-state index is 0.0739. The van der Waals surface area contributed by atoms with Crippen LogP contribution in [0.3, 0.4) is 0 Å². The van der Waals surface area contributed by atoms with Crippen LogP contribution in [0.15, 0.2) is 12.1 Å². The monoisotopic (exact) mass is 292 g/mol. The largest absolute Gasteiger partial charge is 0.454 e. The van der Waals surface area contributed by atoms with Crippen molar-refractivity contribution in [2.45, 2.75) is 25.9 Å². The number of fused-ring (bicyclic) bond motifs is 1. The van der Waals surface area contributed by atoms with Gasteiger partial charge in [-0.3, -0.25) is 4.79 Å². The Morgan fingerprint density at radius 3 is 2.95 bits per heavy atom. The highest BCUT2D eigenvalue weighted by Gasteiger charge is 2.27. The van der Waals surface area contributed by atoms with E-state index in [-0.39, 0.29) is 18.8 Å². The van der Waals surface area contributed by atoms with Crippen LogP contribution in [0, 0.1) is 0 Å². The van der Waals surface area contributed by atoms with Crippen molar-refractivity contribution in [3.05, 3.63) is 17.7 Å². The van der Waals surface area contributed by atoms with Crippen LogP contribution < -0.4 is 15.2 Å². The number of benzene rings is 1. The zero-order valence-corrected chi connectivity index (χ0v) is 12.1. The summed E-state index contributed by atoms with van der Waals surface area (Å²) in [7, 11) is 0. The Kier molecular flexibility index (Phi) is 3.88. The highest BCUT2D eigenvalue weighted by molar-refractivity contribution is 6.00. The van der Waals surface area contributed by atoms with E-state index < -0.39 is 0 Å². The Morgan fingerprint density at radius 2 is 2.19 bits per heavy atom. The van der Waals surface area contributed by atoms with Crippen LogP contribution in [0.4, 0.5) is 5.69 Å². The highest BCUT2D eigenvalue weighted by atomic mass is 16.7. The van der Waals surface area contributed by atoms with Crippen LogP contribution in [0.2, 0.25) is 0 Å². The standard InChI is InChI=1S/C15H20N2O4/c1-2-19-10-4-3-5-17(8-10)15(18)11-6-13-14(7-12(11)16)21-9-20-13/h6-7,10H,2-5,8-9,16H2,1H3. The van der Waals surface area contributed by atoms with Gasteiger partial charge in [-0.05, 0) is 25.8 Å². The lowest BCUT2D eigenvalue weighted by Crippen LogP contribution is -2.43. The van der Waals surface area contributed by atoms with Gasteiger partial charge in [0.15, 0.2) is 11.5 Å². The van der Waals surface area contributed by atoms with E-state index in [4.69, 9.17) is 19.9 Å². The Labute approximate surface area is 123 Å². The first-order valence-corrected chi connectivity index (χ1v) is 7.29. The minimum Gasteiger partial charge on any atom is -0.454 e. The van der Waals surface area contributed by atoms with Gasteiger partial charge in [0.2, 0.25) is 6.79 Å². The molecule has 114 valence electrons. The van der Waals surface area contributed by atoms with Gasteiger partial charge in [0.25, 0.3) is 5.91 Å². The molecule has 2 aliphatic heterocycles. The van der Waals surface area contributed by atoms with Gasteiger partial charge in [-0.1, -0.05) is 0 Å². The molecule has 1 fully saturated rings. The maximum atomic E-state index is 12.7. The Balaban J connectivity index is 1.78. The summed E-state index contributed by atoms with van der Waals surface area (Å²) in [5.74, 6) is 1.09. The lowest BCUT2D eigenvalue weighted by Gasteiger charge is -2.32. The molecule has 6 heteroatoms. The number of carbonyl (C=O) groups excluding carboxylic acids is 1. The zero-order chi connectivity index (χ0) is 14.8. The molecule has 1 aromatic rings. The zero-order valence-electron chi connectivity index (χ0n) is 12.1. The fraction of sp³-hybridized carbons (Fsp3) is 0.533. The quantitative estimate of drug-likeness (QED) is 0.857. The van der Waals surface area contributed by atoms with Crippen LogP contribution in [0.5, 0.6) is 11.5 Å². The van der Waals surface area contributed by atoms with Gasteiger partial charge in [-0.2, -0.15) is 0 Å². The molecule has 1 atom stereocenters. The third-order valence-electron chi connectivity index (χ3n) is 3.84. The van der Waals surface area contributed by atoms with Crippen molar-refractivity contribution in [2.24, 2.45) is 0 Å². The molecule has 2 heterocycles. The van der Waals surface area contributed by atoms with E-state index in [2.05, 4.69) is 0 Å². The van der Waals surface area contributed by atoms with Crippen molar-refractivity contribution in [1.82, 2.24) is 4.90 Å². The number of anilines is 1. The second-order valence-electron chi connectivity index (χ2n) is 5.26. The first-order valence-electron chi connectivity index (χ1n) is 7.29. The number of likely N-dealkylation sites (tertiary alicyclic amines) is 1. The molecule has 6 nitrogen and oxygen atoms in total. The van der Waals surface area contributed by atoms with Crippen molar-refractivity contribution < 1.29 is 19.0 Å². The molecular weight excluding hydrogens is 272 g/mol. The lowest BCUT2D eigenvalue weighted by atomic mass is 10.1. The molecule has 0 radical (unpaired) electrons. The normalized spacial score (nSPS) is 20.6. The van der Waals surface area contributed by atoms with Crippen molar-refractivity contribution >= 4 is 11.6 Å². The second kappa shape index (κ2) is 5.81. The molecule has 0 aliphatic carbocycles. The van der Waals surface area contributed by atoms with E-state index in [1.54, 1.807) is 17.0 Å². The maximum absolute atomic E-state index is 12.7. The molecule has 1 saturated heterocycles. The van der Waals surface area contributed by atoms with E-state index in [0.717, 1.165) is 19.4 Å². The summed E-state index contributed by atoms with van der Waals surface area (Å²) in [6, 6.07) is 3.32. The number of rotatable bonds is 3. The predicted molar refractivity (Wildman–Crippen MR) is 77.5 cm³/mol. The van der Waals surface area contributed by atoms with Gasteiger partial charge in [-0.25, -0.2) is 0 Å². The number of hydrogen-bond acceptors (Lipinski definition) is 5. The minimum atomic E-state index is -0.0739. The molecule has 0 saturated carbocycles. The van der Waals surface area contributed by atoms with Crippen molar-refractivity contribution in [3.63, 3.8) is 0 Å². The maximum Gasteiger partial charge on any atom is 0.256 e. The highest BCUT2D eigenvalue weighted by Crippen LogP contribution is 2.36. The molecule has 0 bridgehead atoms. The van der Waals surface area contributed by atoms with Crippen LogP contribution in [0.1, 0.15) is 30.1 Å². The van der Waals surface area contributed by atoms with Crippen LogP contribution in [-0.2, 0) is 4.74 Å². The van der Waals surface area contributed by atoms with Crippen molar-refractivity contribution in [2.75, 3.05) is 32.2 Å². The molecule has 2 aliphatic rings. The number of ether oxygens (including phenoxy) is 3. The van der Waals surface area contributed by atoms with E-state index in [1.165, 1.54) is 0 Å². The number of nitrogens with zero attached hydrogens (tertiary/aromatic N) is 1. The van der Waals surface area contributed by atoms with Crippen molar-refractivity contribution in [3.8, 4) is 11.5 Å². The molecule has 0 spiro atoms. The topological polar surface area (TPSA) is 74.0 Å². The Bertz CT molecular complexity index is 545. The van der Waals surface area contributed by atoms with Gasteiger partial charge in [0, 0.05) is 31.5 Å². The van der Waals surface area contributed by atoms with E-state index in [1.807, 2.05) is 6.92 Å². The Hall–Kier alpha value is -1.95. The third-order valence-corrected chi connectivity index (χ3v) is 3.84. The third kappa shape index (κ3) is 2.76. The number of nitrogens with two attached hydrogens (primary N) is 1. The number of hydrogen-bond donors (Lipinski definition) is 1. The number of carbonyl (C=O) groups is 1. The molecule has 1 amide bonds. The average Bonchev–Trinajstić information content (AvgIpc) is 2.93. The van der Waals surface area contributed by atoms with E-state index >= 15 is 0 Å². The average molecular weight is 292 g/mol. The van der Waals surface area contributed by atoms with Crippen LogP contribution >= 0.6 is 0 Å². The SMILES string of the molecule is CCOC1CCCN(C(=O)c2cc3c(cc2N)OCO3)C1. The van der Waals surface area contributed by atoms with Crippen LogP contribution in [0.25, 0.3) is 0 Å². The van der Waals surface area contributed by atoms with Gasteiger partial charge in [-0.15, -0.1) is 0 Å². The number of nitrogen functional groups attached to an aromatic ring is 1. The fourth-order valence-electron chi connectivity index (χ4n) is 2.81. The molecular formula is C15H20N2O4. The second-order valence-corrected chi connectivity index (χ2v) is 5.26. The summed E-state index contributed by atoms with van der Waals surface area (Å²) < 4.78 is 16.2. The summed E-state index contributed by atoms with van der Waals surface area (Å²) in [6.45, 7) is 4.15. The lowest BCUT2D eigenvalue weighted by molar-refractivity contribution is 0.00727. The summed E-state index contributed by atoms with van der Waals surface area (Å²) >= 11 is 0. The number of piperidine rings is 1. The first-order chi connectivity index (χ1) is 10.2.